The Hall–Kier alpha value is -1.65. The highest BCUT2D eigenvalue weighted by Gasteiger charge is 2.06. The third-order valence-electron chi connectivity index (χ3n) is 2.68. The summed E-state index contributed by atoms with van der Waals surface area (Å²) in [6.45, 7) is 3.16. The van der Waals surface area contributed by atoms with Crippen LogP contribution in [-0.2, 0) is 6.54 Å². The standard InChI is InChI=1S/C11H17N5/c1-2-3-4-5-6-16-8-15-9-10(12)13-7-14-11(9)16/h7-8H,2-6H2,1H3,(H2,12,13,14). The Labute approximate surface area is 94.7 Å². The Morgan fingerprint density at radius 2 is 2.06 bits per heavy atom. The molecule has 0 radical (unpaired) electrons. The van der Waals surface area contributed by atoms with Gasteiger partial charge in [0.05, 0.1) is 6.33 Å². The minimum Gasteiger partial charge on any atom is -0.382 e. The molecule has 2 heterocycles. The van der Waals surface area contributed by atoms with Gasteiger partial charge in [0.25, 0.3) is 0 Å². The van der Waals surface area contributed by atoms with Crippen molar-refractivity contribution in [1.82, 2.24) is 19.5 Å². The summed E-state index contributed by atoms with van der Waals surface area (Å²) in [4.78, 5) is 12.4. The summed E-state index contributed by atoms with van der Waals surface area (Å²) in [5.74, 6) is 0.456. The number of aromatic nitrogens is 4. The number of fused-ring (bicyclic) bond motifs is 1. The molecule has 86 valence electrons. The largest absolute Gasteiger partial charge is 0.382 e. The first kappa shape index (κ1) is 10.9. The number of imidazole rings is 1. The van der Waals surface area contributed by atoms with Crippen molar-refractivity contribution in [2.24, 2.45) is 0 Å². The van der Waals surface area contributed by atoms with Crippen molar-refractivity contribution >= 4 is 17.0 Å². The SMILES string of the molecule is CCCCCCn1cnc2c(N)ncnc21. The second-order valence-corrected chi connectivity index (χ2v) is 3.93. The minimum absolute atomic E-state index is 0.456. The molecule has 0 atom stereocenters. The number of aryl methyl sites for hydroxylation is 1. The van der Waals surface area contributed by atoms with E-state index in [2.05, 4.69) is 21.9 Å². The number of unbranched alkanes of at least 4 members (excludes halogenated alkanes) is 3. The van der Waals surface area contributed by atoms with Crippen LogP contribution in [0.1, 0.15) is 32.6 Å². The maximum atomic E-state index is 5.72. The lowest BCUT2D eigenvalue weighted by molar-refractivity contribution is 0.589. The summed E-state index contributed by atoms with van der Waals surface area (Å²) in [5, 5.41) is 0. The number of rotatable bonds is 5. The van der Waals surface area contributed by atoms with Crippen LogP contribution in [0.5, 0.6) is 0 Å². The van der Waals surface area contributed by atoms with Crippen molar-refractivity contribution in [1.29, 1.82) is 0 Å². The third-order valence-corrected chi connectivity index (χ3v) is 2.68. The summed E-state index contributed by atoms with van der Waals surface area (Å²) in [5.41, 5.74) is 7.26. The fraction of sp³-hybridized carbons (Fsp3) is 0.545. The molecule has 0 unspecified atom stereocenters. The zero-order valence-corrected chi connectivity index (χ0v) is 9.56. The van der Waals surface area contributed by atoms with E-state index in [1.807, 2.05) is 4.57 Å². The molecule has 2 aromatic rings. The van der Waals surface area contributed by atoms with Gasteiger partial charge in [0.1, 0.15) is 11.8 Å². The van der Waals surface area contributed by atoms with Crippen molar-refractivity contribution in [3.63, 3.8) is 0 Å². The van der Waals surface area contributed by atoms with Crippen LogP contribution < -0.4 is 5.73 Å². The molecule has 0 aromatic carbocycles. The van der Waals surface area contributed by atoms with Gasteiger partial charge in [0.15, 0.2) is 11.5 Å². The average Bonchev–Trinajstić information content (AvgIpc) is 2.70. The number of anilines is 1. The molecule has 0 saturated carbocycles. The summed E-state index contributed by atoms with van der Waals surface area (Å²) in [6, 6.07) is 0. The van der Waals surface area contributed by atoms with E-state index in [1.165, 1.54) is 25.6 Å². The first-order valence-corrected chi connectivity index (χ1v) is 5.74. The second kappa shape index (κ2) is 4.92. The van der Waals surface area contributed by atoms with Gasteiger partial charge >= 0.3 is 0 Å². The van der Waals surface area contributed by atoms with E-state index in [-0.39, 0.29) is 0 Å². The van der Waals surface area contributed by atoms with E-state index in [0.29, 0.717) is 11.3 Å². The Morgan fingerprint density at radius 1 is 1.19 bits per heavy atom. The average molecular weight is 219 g/mol. The van der Waals surface area contributed by atoms with Crippen molar-refractivity contribution < 1.29 is 0 Å². The number of hydrogen-bond donors (Lipinski definition) is 1. The van der Waals surface area contributed by atoms with Gasteiger partial charge in [-0.3, -0.25) is 0 Å². The highest BCUT2D eigenvalue weighted by Crippen LogP contribution is 2.14. The van der Waals surface area contributed by atoms with Gasteiger partial charge in [-0.2, -0.15) is 0 Å². The van der Waals surface area contributed by atoms with Crippen LogP contribution in [-0.4, -0.2) is 19.5 Å². The molecule has 0 aliphatic carbocycles. The Bertz CT molecular complexity index is 462. The second-order valence-electron chi connectivity index (χ2n) is 3.93. The van der Waals surface area contributed by atoms with E-state index in [1.54, 1.807) is 6.33 Å². The van der Waals surface area contributed by atoms with Gasteiger partial charge in [-0.05, 0) is 6.42 Å². The maximum Gasteiger partial charge on any atom is 0.165 e. The Kier molecular flexibility index (Phi) is 3.34. The molecule has 0 spiro atoms. The van der Waals surface area contributed by atoms with Crippen LogP contribution in [0.15, 0.2) is 12.7 Å². The molecule has 5 nitrogen and oxygen atoms in total. The van der Waals surface area contributed by atoms with Gasteiger partial charge in [0, 0.05) is 6.54 Å². The van der Waals surface area contributed by atoms with E-state index >= 15 is 0 Å². The van der Waals surface area contributed by atoms with Crippen molar-refractivity contribution in [2.75, 3.05) is 5.73 Å². The molecule has 2 aromatic heterocycles. The van der Waals surface area contributed by atoms with Gasteiger partial charge in [-0.25, -0.2) is 15.0 Å². The van der Waals surface area contributed by atoms with E-state index < -0.39 is 0 Å². The molecule has 0 aliphatic heterocycles. The quantitative estimate of drug-likeness (QED) is 0.781. The lowest BCUT2D eigenvalue weighted by Gasteiger charge is -2.02. The molecule has 16 heavy (non-hydrogen) atoms. The first-order valence-electron chi connectivity index (χ1n) is 5.74. The van der Waals surface area contributed by atoms with Gasteiger partial charge < -0.3 is 10.3 Å². The van der Waals surface area contributed by atoms with Crippen molar-refractivity contribution in [2.45, 2.75) is 39.2 Å². The predicted octanol–water partition coefficient (Wildman–Crippen LogP) is 1.99. The molecule has 0 bridgehead atoms. The number of hydrogen-bond acceptors (Lipinski definition) is 4. The number of nitrogens with zero attached hydrogens (tertiary/aromatic N) is 4. The monoisotopic (exact) mass is 219 g/mol. The van der Waals surface area contributed by atoms with E-state index in [0.717, 1.165) is 18.6 Å². The molecule has 2 N–H and O–H groups in total. The minimum atomic E-state index is 0.456. The zero-order valence-electron chi connectivity index (χ0n) is 9.56. The lowest BCUT2D eigenvalue weighted by Crippen LogP contribution is -1.99. The van der Waals surface area contributed by atoms with Gasteiger partial charge in [0.2, 0.25) is 0 Å². The summed E-state index contributed by atoms with van der Waals surface area (Å²) >= 11 is 0. The Balaban J connectivity index is 2.10. The van der Waals surface area contributed by atoms with Crippen LogP contribution >= 0.6 is 0 Å². The fourth-order valence-electron chi connectivity index (χ4n) is 1.77. The third kappa shape index (κ3) is 2.13. The highest BCUT2D eigenvalue weighted by molar-refractivity contribution is 5.80. The van der Waals surface area contributed by atoms with Crippen LogP contribution in [0.4, 0.5) is 5.82 Å². The highest BCUT2D eigenvalue weighted by atomic mass is 15.1. The fourth-order valence-corrected chi connectivity index (χ4v) is 1.77. The molecule has 2 rings (SSSR count). The van der Waals surface area contributed by atoms with Crippen LogP contribution in [0.25, 0.3) is 11.2 Å². The summed E-state index contributed by atoms with van der Waals surface area (Å²) < 4.78 is 2.04. The number of nitrogens with two attached hydrogens (primary N) is 1. The molecular formula is C11H17N5. The summed E-state index contributed by atoms with van der Waals surface area (Å²) in [6.07, 6.45) is 8.22. The van der Waals surface area contributed by atoms with Crippen molar-refractivity contribution in [3.8, 4) is 0 Å². The lowest BCUT2D eigenvalue weighted by atomic mass is 10.2. The topological polar surface area (TPSA) is 69.6 Å². The molecular weight excluding hydrogens is 202 g/mol. The predicted molar refractivity (Wildman–Crippen MR) is 63.9 cm³/mol. The normalized spacial score (nSPS) is 11.1. The molecule has 0 aliphatic rings. The Morgan fingerprint density at radius 3 is 2.88 bits per heavy atom. The van der Waals surface area contributed by atoms with Crippen molar-refractivity contribution in [3.05, 3.63) is 12.7 Å². The maximum absolute atomic E-state index is 5.72. The van der Waals surface area contributed by atoms with Gasteiger partial charge in [-0.1, -0.05) is 26.2 Å². The molecule has 0 amide bonds. The van der Waals surface area contributed by atoms with E-state index in [4.69, 9.17) is 5.73 Å². The molecule has 0 saturated heterocycles. The van der Waals surface area contributed by atoms with Crippen LogP contribution in [0.3, 0.4) is 0 Å². The van der Waals surface area contributed by atoms with Gasteiger partial charge in [-0.15, -0.1) is 0 Å². The number of nitrogen functional groups attached to an aromatic ring is 1. The molecule has 0 fully saturated rings. The first-order chi connectivity index (χ1) is 7.83. The summed E-state index contributed by atoms with van der Waals surface area (Å²) in [7, 11) is 0. The molecule has 5 heteroatoms. The zero-order chi connectivity index (χ0) is 11.4. The van der Waals surface area contributed by atoms with E-state index in [9.17, 15) is 0 Å². The van der Waals surface area contributed by atoms with Crippen LogP contribution in [0, 0.1) is 0 Å². The van der Waals surface area contributed by atoms with Crippen LogP contribution in [0.2, 0.25) is 0 Å². The smallest absolute Gasteiger partial charge is 0.165 e.